The largest absolute Gasteiger partial charge is 0.351 e. The van der Waals surface area contributed by atoms with Crippen LogP contribution >= 0.6 is 0 Å². The molecule has 4 nitrogen and oxygen atoms in total. The first kappa shape index (κ1) is 7.53. The molecule has 1 aliphatic rings. The lowest BCUT2D eigenvalue weighted by atomic mass is 10.4. The molecule has 4 heteroatoms. The van der Waals surface area contributed by atoms with Crippen LogP contribution < -0.4 is 5.73 Å². The molecule has 0 saturated carbocycles. The molecule has 1 rings (SSSR count). The standard InChI is InChI=1S/C7H8N2O2/c8-7(11)9-5-3-1-2-4-6(9)10/h1-3,5H,4H2,(H2,8,11). The highest BCUT2D eigenvalue weighted by Crippen LogP contribution is 2.01. The van der Waals surface area contributed by atoms with E-state index in [4.69, 9.17) is 5.73 Å². The molecule has 0 aromatic rings. The van der Waals surface area contributed by atoms with Crippen LogP contribution in [0.15, 0.2) is 24.4 Å². The second-order valence-electron chi connectivity index (χ2n) is 2.08. The molecular formula is C7H8N2O2. The number of nitrogens with zero attached hydrogens (tertiary/aromatic N) is 1. The summed E-state index contributed by atoms with van der Waals surface area (Å²) in [5, 5.41) is 0. The van der Waals surface area contributed by atoms with Gasteiger partial charge in [-0.05, 0) is 6.08 Å². The van der Waals surface area contributed by atoms with Crippen molar-refractivity contribution in [2.24, 2.45) is 5.73 Å². The van der Waals surface area contributed by atoms with Crippen molar-refractivity contribution in [2.75, 3.05) is 0 Å². The molecule has 0 bridgehead atoms. The van der Waals surface area contributed by atoms with Gasteiger partial charge in [0.15, 0.2) is 0 Å². The summed E-state index contributed by atoms with van der Waals surface area (Å²) in [5.74, 6) is -0.303. The van der Waals surface area contributed by atoms with E-state index in [-0.39, 0.29) is 12.3 Å². The van der Waals surface area contributed by atoms with E-state index >= 15 is 0 Å². The quantitative estimate of drug-likeness (QED) is 0.545. The molecule has 1 heterocycles. The summed E-state index contributed by atoms with van der Waals surface area (Å²) in [7, 11) is 0. The summed E-state index contributed by atoms with van der Waals surface area (Å²) >= 11 is 0. The third kappa shape index (κ3) is 1.67. The Labute approximate surface area is 64.0 Å². The average molecular weight is 152 g/mol. The van der Waals surface area contributed by atoms with E-state index in [0.717, 1.165) is 4.90 Å². The van der Waals surface area contributed by atoms with Gasteiger partial charge in [-0.25, -0.2) is 9.69 Å². The van der Waals surface area contributed by atoms with E-state index in [9.17, 15) is 9.59 Å². The van der Waals surface area contributed by atoms with Crippen molar-refractivity contribution in [3.05, 3.63) is 24.4 Å². The summed E-state index contributed by atoms with van der Waals surface area (Å²) in [4.78, 5) is 22.4. The number of urea groups is 1. The molecule has 11 heavy (non-hydrogen) atoms. The van der Waals surface area contributed by atoms with Crippen LogP contribution in [0.5, 0.6) is 0 Å². The number of amides is 3. The maximum absolute atomic E-state index is 11.0. The number of primary amides is 1. The van der Waals surface area contributed by atoms with Crippen LogP contribution in [0.2, 0.25) is 0 Å². The summed E-state index contributed by atoms with van der Waals surface area (Å²) in [5.41, 5.74) is 4.91. The van der Waals surface area contributed by atoms with Crippen molar-refractivity contribution in [1.82, 2.24) is 4.90 Å². The van der Waals surface area contributed by atoms with Crippen molar-refractivity contribution >= 4 is 11.9 Å². The Balaban J connectivity index is 2.80. The maximum Gasteiger partial charge on any atom is 0.325 e. The molecule has 0 aromatic heterocycles. The van der Waals surface area contributed by atoms with E-state index in [0.29, 0.717) is 0 Å². The van der Waals surface area contributed by atoms with Gasteiger partial charge in [0.1, 0.15) is 0 Å². The highest BCUT2D eigenvalue weighted by atomic mass is 16.2. The Bertz CT molecular complexity index is 243. The zero-order valence-electron chi connectivity index (χ0n) is 5.86. The lowest BCUT2D eigenvalue weighted by Gasteiger charge is -2.10. The first-order valence-corrected chi connectivity index (χ1v) is 3.16. The molecule has 0 fully saturated rings. The Morgan fingerprint density at radius 3 is 2.91 bits per heavy atom. The van der Waals surface area contributed by atoms with Crippen LogP contribution in [0.3, 0.4) is 0 Å². The van der Waals surface area contributed by atoms with Crippen molar-refractivity contribution in [1.29, 1.82) is 0 Å². The SMILES string of the molecule is NC(=O)N1C=CC=CCC1=O. The zero-order chi connectivity index (χ0) is 8.27. The minimum absolute atomic E-state index is 0.218. The number of allylic oxidation sites excluding steroid dienone is 2. The number of carbonyl (C=O) groups excluding carboxylic acids is 2. The minimum Gasteiger partial charge on any atom is -0.351 e. The molecule has 58 valence electrons. The molecule has 0 unspecified atom stereocenters. The number of hydrogen-bond acceptors (Lipinski definition) is 2. The van der Waals surface area contributed by atoms with Crippen LogP contribution in [0.25, 0.3) is 0 Å². The van der Waals surface area contributed by atoms with Gasteiger partial charge in [-0.15, -0.1) is 0 Å². The van der Waals surface area contributed by atoms with E-state index in [1.165, 1.54) is 6.20 Å². The maximum atomic E-state index is 11.0. The fraction of sp³-hybridized carbons (Fsp3) is 0.143. The summed E-state index contributed by atoms with van der Waals surface area (Å²) < 4.78 is 0. The second kappa shape index (κ2) is 3.01. The van der Waals surface area contributed by atoms with Crippen LogP contribution in [0.4, 0.5) is 4.79 Å². The minimum atomic E-state index is -0.741. The normalized spacial score (nSPS) is 16.7. The van der Waals surface area contributed by atoms with Gasteiger partial charge in [0, 0.05) is 12.6 Å². The molecule has 0 atom stereocenters. The number of carbonyl (C=O) groups is 2. The molecule has 0 aliphatic carbocycles. The average Bonchev–Trinajstić information content (AvgIpc) is 2.13. The van der Waals surface area contributed by atoms with Gasteiger partial charge in [0.25, 0.3) is 0 Å². The van der Waals surface area contributed by atoms with E-state index < -0.39 is 6.03 Å². The van der Waals surface area contributed by atoms with Crippen LogP contribution in [-0.2, 0) is 4.79 Å². The van der Waals surface area contributed by atoms with Gasteiger partial charge in [-0.2, -0.15) is 0 Å². The highest BCUT2D eigenvalue weighted by Gasteiger charge is 2.14. The van der Waals surface area contributed by atoms with Gasteiger partial charge in [-0.1, -0.05) is 12.2 Å². The van der Waals surface area contributed by atoms with Crippen LogP contribution in [0, 0.1) is 0 Å². The Hall–Kier alpha value is -1.58. The summed E-state index contributed by atoms with van der Waals surface area (Å²) in [6.07, 6.45) is 6.53. The van der Waals surface area contributed by atoms with Gasteiger partial charge in [0.05, 0.1) is 0 Å². The second-order valence-corrected chi connectivity index (χ2v) is 2.08. The fourth-order valence-electron chi connectivity index (χ4n) is 0.761. The third-order valence-electron chi connectivity index (χ3n) is 1.28. The van der Waals surface area contributed by atoms with Gasteiger partial charge < -0.3 is 5.73 Å². The molecule has 2 N–H and O–H groups in total. The first-order valence-electron chi connectivity index (χ1n) is 3.16. The van der Waals surface area contributed by atoms with Crippen LogP contribution in [-0.4, -0.2) is 16.8 Å². The molecule has 0 radical (unpaired) electrons. The Kier molecular flexibility index (Phi) is 2.06. The number of rotatable bonds is 0. The first-order chi connectivity index (χ1) is 5.22. The predicted molar refractivity (Wildman–Crippen MR) is 39.3 cm³/mol. The molecule has 0 spiro atoms. The van der Waals surface area contributed by atoms with Gasteiger partial charge in [0.2, 0.25) is 5.91 Å². The molecule has 0 aromatic carbocycles. The summed E-state index contributed by atoms with van der Waals surface area (Å²) in [6, 6.07) is -0.741. The number of hydrogen-bond donors (Lipinski definition) is 1. The van der Waals surface area contributed by atoms with Crippen molar-refractivity contribution in [3.8, 4) is 0 Å². The molecule has 1 aliphatic heterocycles. The highest BCUT2D eigenvalue weighted by molar-refractivity contribution is 5.95. The zero-order valence-corrected chi connectivity index (χ0v) is 5.86. The lowest BCUT2D eigenvalue weighted by molar-refractivity contribution is -0.125. The van der Waals surface area contributed by atoms with Crippen LogP contribution in [0.1, 0.15) is 6.42 Å². The molecule has 0 saturated heterocycles. The predicted octanol–water partition coefficient (Wildman–Crippen LogP) is 0.367. The Morgan fingerprint density at radius 2 is 2.27 bits per heavy atom. The smallest absolute Gasteiger partial charge is 0.325 e. The lowest BCUT2D eigenvalue weighted by Crippen LogP contribution is -2.35. The van der Waals surface area contributed by atoms with Crippen molar-refractivity contribution in [2.45, 2.75) is 6.42 Å². The van der Waals surface area contributed by atoms with E-state index in [1.807, 2.05) is 0 Å². The van der Waals surface area contributed by atoms with Gasteiger partial charge >= 0.3 is 6.03 Å². The third-order valence-corrected chi connectivity index (χ3v) is 1.28. The van der Waals surface area contributed by atoms with E-state index in [1.54, 1.807) is 18.2 Å². The number of nitrogens with two attached hydrogens (primary N) is 1. The fourth-order valence-corrected chi connectivity index (χ4v) is 0.761. The summed E-state index contributed by atoms with van der Waals surface area (Å²) in [6.45, 7) is 0. The topological polar surface area (TPSA) is 63.4 Å². The molecule has 3 amide bonds. The van der Waals surface area contributed by atoms with Crippen molar-refractivity contribution in [3.63, 3.8) is 0 Å². The monoisotopic (exact) mass is 152 g/mol. The molecular weight excluding hydrogens is 144 g/mol. The number of imide groups is 1. The Morgan fingerprint density at radius 1 is 1.55 bits per heavy atom. The van der Waals surface area contributed by atoms with Crippen molar-refractivity contribution < 1.29 is 9.59 Å². The van der Waals surface area contributed by atoms with E-state index in [2.05, 4.69) is 0 Å². The van der Waals surface area contributed by atoms with Gasteiger partial charge in [-0.3, -0.25) is 4.79 Å².